The number of rotatable bonds is 3. The smallest absolute Gasteiger partial charge is 0.183 e. The quantitative estimate of drug-likeness (QED) is 0.773. The number of aromatic nitrogens is 1. The van der Waals surface area contributed by atoms with Crippen LogP contribution in [0, 0.1) is 11.6 Å². The van der Waals surface area contributed by atoms with Crippen molar-refractivity contribution in [3.05, 3.63) is 45.4 Å². The number of thiazole rings is 1. The minimum atomic E-state index is -0.567. The van der Waals surface area contributed by atoms with Crippen LogP contribution in [0.5, 0.6) is 0 Å². The van der Waals surface area contributed by atoms with Gasteiger partial charge >= 0.3 is 0 Å². The summed E-state index contributed by atoms with van der Waals surface area (Å²) in [7, 11) is 0. The lowest BCUT2D eigenvalue weighted by Crippen LogP contribution is -1.84. The van der Waals surface area contributed by atoms with Crippen molar-refractivity contribution in [2.24, 2.45) is 0 Å². The molecule has 1 aromatic heterocycles. The number of benzene rings is 1. The van der Waals surface area contributed by atoms with E-state index in [9.17, 15) is 8.78 Å². The highest BCUT2D eigenvalue weighted by atomic mass is 35.5. The third kappa shape index (κ3) is 2.93. The summed E-state index contributed by atoms with van der Waals surface area (Å²) in [5, 5.41) is 0. The number of halogens is 3. The van der Waals surface area contributed by atoms with Gasteiger partial charge in [0.2, 0.25) is 0 Å². The summed E-state index contributed by atoms with van der Waals surface area (Å²) in [6, 6.07) is 3.55. The second kappa shape index (κ2) is 5.12. The van der Waals surface area contributed by atoms with E-state index in [0.29, 0.717) is 15.1 Å². The van der Waals surface area contributed by atoms with Crippen molar-refractivity contribution in [1.82, 2.24) is 4.98 Å². The van der Waals surface area contributed by atoms with Crippen LogP contribution in [-0.4, -0.2) is 4.98 Å². The Morgan fingerprint density at radius 3 is 2.81 bits per heavy atom. The molecule has 0 spiro atoms. The number of hydrogen-bond donors (Lipinski definition) is 0. The van der Waals surface area contributed by atoms with Gasteiger partial charge in [0.1, 0.15) is 11.6 Å². The summed E-state index contributed by atoms with van der Waals surface area (Å²) in [6.45, 7) is 0. The Kier molecular flexibility index (Phi) is 3.78. The van der Waals surface area contributed by atoms with E-state index in [1.807, 2.05) is 0 Å². The van der Waals surface area contributed by atoms with Gasteiger partial charge in [-0.1, -0.05) is 11.6 Å². The van der Waals surface area contributed by atoms with Gasteiger partial charge in [-0.25, -0.2) is 13.8 Å². The van der Waals surface area contributed by atoms with Crippen molar-refractivity contribution in [2.75, 3.05) is 0 Å². The summed E-state index contributed by atoms with van der Waals surface area (Å²) in [5.74, 6) is -0.532. The SMILES string of the molecule is Fc1ccc(SCc2cnc(Cl)s2)c(F)c1. The van der Waals surface area contributed by atoms with Crippen molar-refractivity contribution >= 4 is 34.7 Å². The molecule has 0 atom stereocenters. The Bertz CT molecular complexity index is 501. The predicted molar refractivity (Wildman–Crippen MR) is 63.0 cm³/mol. The Balaban J connectivity index is 2.04. The van der Waals surface area contributed by atoms with E-state index < -0.39 is 11.6 Å². The molecule has 0 saturated carbocycles. The molecular weight excluding hydrogens is 272 g/mol. The van der Waals surface area contributed by atoms with Gasteiger partial charge < -0.3 is 0 Å². The van der Waals surface area contributed by atoms with Crippen molar-refractivity contribution in [2.45, 2.75) is 10.6 Å². The molecule has 1 aromatic carbocycles. The molecule has 16 heavy (non-hydrogen) atoms. The van der Waals surface area contributed by atoms with Crippen LogP contribution < -0.4 is 0 Å². The van der Waals surface area contributed by atoms with Gasteiger partial charge in [0.05, 0.1) is 0 Å². The minimum Gasteiger partial charge on any atom is -0.233 e. The minimum absolute atomic E-state index is 0.422. The predicted octanol–water partition coefficient (Wildman–Crippen LogP) is 4.37. The zero-order valence-electron chi connectivity index (χ0n) is 7.91. The first-order valence-electron chi connectivity index (χ1n) is 4.33. The van der Waals surface area contributed by atoms with Gasteiger partial charge in [-0.2, -0.15) is 0 Å². The fraction of sp³-hybridized carbons (Fsp3) is 0.100. The molecule has 84 valence electrons. The molecule has 0 saturated heterocycles. The van der Waals surface area contributed by atoms with Crippen LogP contribution in [0.4, 0.5) is 8.78 Å². The van der Waals surface area contributed by atoms with Gasteiger partial charge in [-0.3, -0.25) is 0 Å². The first-order chi connectivity index (χ1) is 7.65. The second-order valence-corrected chi connectivity index (χ2v) is 5.66. The average molecular weight is 278 g/mol. The third-order valence-corrected chi connectivity index (χ3v) is 4.18. The van der Waals surface area contributed by atoms with Gasteiger partial charge in [-0.05, 0) is 12.1 Å². The maximum atomic E-state index is 13.3. The molecule has 1 nitrogen and oxygen atoms in total. The van der Waals surface area contributed by atoms with Crippen LogP contribution >= 0.6 is 34.7 Å². The standard InChI is InChI=1S/C10H6ClF2NS2/c11-10-14-4-7(16-10)5-15-9-2-1-6(12)3-8(9)13/h1-4H,5H2. The van der Waals surface area contributed by atoms with Crippen molar-refractivity contribution in [1.29, 1.82) is 0 Å². The van der Waals surface area contributed by atoms with Crippen LogP contribution in [0.3, 0.4) is 0 Å². The van der Waals surface area contributed by atoms with Gasteiger partial charge in [0, 0.05) is 27.8 Å². The number of hydrogen-bond acceptors (Lipinski definition) is 3. The van der Waals surface area contributed by atoms with E-state index in [2.05, 4.69) is 4.98 Å². The maximum Gasteiger partial charge on any atom is 0.183 e. The molecule has 0 aliphatic carbocycles. The normalized spacial score (nSPS) is 10.7. The highest BCUT2D eigenvalue weighted by Gasteiger charge is 2.06. The summed E-state index contributed by atoms with van der Waals surface area (Å²) < 4.78 is 26.4. The van der Waals surface area contributed by atoms with Gasteiger partial charge in [0.25, 0.3) is 0 Å². The lowest BCUT2D eigenvalue weighted by molar-refractivity contribution is 0.565. The van der Waals surface area contributed by atoms with E-state index in [1.165, 1.54) is 35.2 Å². The molecule has 0 unspecified atom stereocenters. The first kappa shape index (κ1) is 11.8. The third-order valence-electron chi connectivity index (χ3n) is 1.79. The van der Waals surface area contributed by atoms with Gasteiger partial charge in [0.15, 0.2) is 4.47 Å². The van der Waals surface area contributed by atoms with E-state index in [0.717, 1.165) is 10.9 Å². The molecule has 0 bridgehead atoms. The molecule has 0 amide bonds. The average Bonchev–Trinajstić information content (AvgIpc) is 2.63. The van der Waals surface area contributed by atoms with Crippen LogP contribution in [0.1, 0.15) is 4.88 Å². The van der Waals surface area contributed by atoms with Crippen LogP contribution in [0.25, 0.3) is 0 Å². The molecule has 2 rings (SSSR count). The molecule has 0 aliphatic heterocycles. The summed E-state index contributed by atoms with van der Waals surface area (Å²) in [4.78, 5) is 5.26. The van der Waals surface area contributed by atoms with Crippen molar-refractivity contribution < 1.29 is 8.78 Å². The zero-order valence-corrected chi connectivity index (χ0v) is 10.3. The molecule has 0 N–H and O–H groups in total. The summed E-state index contributed by atoms with van der Waals surface area (Å²) in [6.07, 6.45) is 1.65. The Morgan fingerprint density at radius 1 is 1.38 bits per heavy atom. The van der Waals surface area contributed by atoms with Crippen molar-refractivity contribution in [3.63, 3.8) is 0 Å². The van der Waals surface area contributed by atoms with E-state index in [-0.39, 0.29) is 0 Å². The number of thioether (sulfide) groups is 1. The summed E-state index contributed by atoms with van der Waals surface area (Å²) in [5.41, 5.74) is 0. The van der Waals surface area contributed by atoms with Crippen LogP contribution in [0.15, 0.2) is 29.3 Å². The van der Waals surface area contributed by atoms with E-state index >= 15 is 0 Å². The lowest BCUT2D eigenvalue weighted by atomic mass is 10.3. The molecular formula is C10H6ClF2NS2. The monoisotopic (exact) mass is 277 g/mol. The zero-order chi connectivity index (χ0) is 11.5. The van der Waals surface area contributed by atoms with E-state index in [4.69, 9.17) is 11.6 Å². The van der Waals surface area contributed by atoms with Crippen LogP contribution in [-0.2, 0) is 5.75 Å². The largest absolute Gasteiger partial charge is 0.233 e. The molecule has 6 heteroatoms. The molecule has 0 aliphatic rings. The Labute approximate surface area is 104 Å². The fourth-order valence-electron chi connectivity index (χ4n) is 1.09. The highest BCUT2D eigenvalue weighted by molar-refractivity contribution is 7.98. The second-order valence-electron chi connectivity index (χ2n) is 2.94. The Hall–Kier alpha value is -0.650. The molecule has 0 radical (unpaired) electrons. The fourth-order valence-corrected chi connectivity index (χ4v) is 3.01. The molecule has 1 heterocycles. The van der Waals surface area contributed by atoms with Gasteiger partial charge in [-0.15, -0.1) is 23.1 Å². The van der Waals surface area contributed by atoms with E-state index in [1.54, 1.807) is 6.20 Å². The molecule has 2 aromatic rings. The lowest BCUT2D eigenvalue weighted by Gasteiger charge is -2.01. The first-order valence-corrected chi connectivity index (χ1v) is 6.51. The Morgan fingerprint density at radius 2 is 2.19 bits per heavy atom. The molecule has 0 fully saturated rings. The topological polar surface area (TPSA) is 12.9 Å². The van der Waals surface area contributed by atoms with Crippen molar-refractivity contribution in [3.8, 4) is 0 Å². The van der Waals surface area contributed by atoms with Crippen LogP contribution in [0.2, 0.25) is 4.47 Å². The summed E-state index contributed by atoms with van der Waals surface area (Å²) >= 11 is 8.31. The number of nitrogens with zero attached hydrogens (tertiary/aromatic N) is 1. The highest BCUT2D eigenvalue weighted by Crippen LogP contribution is 2.29. The maximum absolute atomic E-state index is 13.3.